The highest BCUT2D eigenvalue weighted by Gasteiger charge is 2.22. The average Bonchev–Trinajstić information content (AvgIpc) is 2.72. The third kappa shape index (κ3) is 3.85. The Morgan fingerprint density at radius 3 is 2.58 bits per heavy atom. The predicted octanol–water partition coefficient (Wildman–Crippen LogP) is 4.49. The minimum absolute atomic E-state index is 0.0979. The number of ketones is 1. The molecule has 1 fully saturated rings. The molecule has 132 valence electrons. The van der Waals surface area contributed by atoms with Gasteiger partial charge in [-0.2, -0.15) is 0 Å². The zero-order chi connectivity index (χ0) is 17.8. The summed E-state index contributed by atoms with van der Waals surface area (Å²) in [5.74, 6) is 0.207. The standard InChI is InChI=1S/C23H23NO2/c25-22(21-11-10-18-6-4-5-9-20(18)16-21)12-13-24-14-15-26-23(17-24)19-7-2-1-3-8-19/h1-11,16,23H,12-15,17H2. The van der Waals surface area contributed by atoms with Crippen molar-refractivity contribution in [2.45, 2.75) is 12.5 Å². The maximum atomic E-state index is 12.6. The van der Waals surface area contributed by atoms with Gasteiger partial charge < -0.3 is 4.74 Å². The van der Waals surface area contributed by atoms with Gasteiger partial charge in [-0.05, 0) is 22.4 Å². The van der Waals surface area contributed by atoms with Gasteiger partial charge in [-0.3, -0.25) is 9.69 Å². The number of fused-ring (bicyclic) bond motifs is 1. The molecule has 1 unspecified atom stereocenters. The third-order valence-electron chi connectivity index (χ3n) is 5.05. The van der Waals surface area contributed by atoms with Crippen LogP contribution in [0.5, 0.6) is 0 Å². The van der Waals surface area contributed by atoms with Crippen molar-refractivity contribution in [3.63, 3.8) is 0 Å². The maximum absolute atomic E-state index is 12.6. The Labute approximate surface area is 154 Å². The van der Waals surface area contributed by atoms with E-state index in [-0.39, 0.29) is 11.9 Å². The molecule has 1 aliphatic rings. The first kappa shape index (κ1) is 17.0. The first-order valence-corrected chi connectivity index (χ1v) is 9.20. The fourth-order valence-electron chi connectivity index (χ4n) is 3.54. The van der Waals surface area contributed by atoms with Gasteiger partial charge in [0.2, 0.25) is 0 Å². The molecule has 0 saturated carbocycles. The first-order valence-electron chi connectivity index (χ1n) is 9.20. The number of rotatable bonds is 5. The number of carbonyl (C=O) groups is 1. The fraction of sp³-hybridized carbons (Fsp3) is 0.261. The normalized spacial score (nSPS) is 18.1. The van der Waals surface area contributed by atoms with Gasteiger partial charge in [0.15, 0.2) is 5.78 Å². The SMILES string of the molecule is O=C(CCN1CCOC(c2ccccc2)C1)c1ccc2ccccc2c1. The Bertz CT molecular complexity index is 891. The van der Waals surface area contributed by atoms with E-state index in [0.717, 1.165) is 30.6 Å². The van der Waals surface area contributed by atoms with Gasteiger partial charge in [0.1, 0.15) is 0 Å². The van der Waals surface area contributed by atoms with Gasteiger partial charge in [-0.25, -0.2) is 0 Å². The molecule has 1 saturated heterocycles. The Balaban J connectivity index is 1.37. The molecule has 3 heteroatoms. The highest BCUT2D eigenvalue weighted by atomic mass is 16.5. The molecule has 26 heavy (non-hydrogen) atoms. The molecule has 0 radical (unpaired) electrons. The highest BCUT2D eigenvalue weighted by Crippen LogP contribution is 2.22. The third-order valence-corrected chi connectivity index (χ3v) is 5.05. The van der Waals surface area contributed by atoms with Crippen LogP contribution in [0.2, 0.25) is 0 Å². The Morgan fingerprint density at radius 1 is 0.962 bits per heavy atom. The van der Waals surface area contributed by atoms with Crippen molar-refractivity contribution in [3.05, 3.63) is 83.9 Å². The minimum Gasteiger partial charge on any atom is -0.371 e. The second kappa shape index (κ2) is 7.81. The summed E-state index contributed by atoms with van der Waals surface area (Å²) >= 11 is 0. The molecule has 0 aromatic heterocycles. The van der Waals surface area contributed by atoms with Crippen LogP contribution in [-0.4, -0.2) is 36.9 Å². The lowest BCUT2D eigenvalue weighted by Gasteiger charge is -2.33. The van der Waals surface area contributed by atoms with Crippen molar-refractivity contribution in [3.8, 4) is 0 Å². The van der Waals surface area contributed by atoms with Gasteiger partial charge >= 0.3 is 0 Å². The largest absolute Gasteiger partial charge is 0.371 e. The molecule has 3 aromatic rings. The first-order chi connectivity index (χ1) is 12.8. The van der Waals surface area contributed by atoms with E-state index in [1.165, 1.54) is 10.9 Å². The van der Waals surface area contributed by atoms with Crippen LogP contribution < -0.4 is 0 Å². The van der Waals surface area contributed by atoms with Crippen molar-refractivity contribution >= 4 is 16.6 Å². The number of hydrogen-bond acceptors (Lipinski definition) is 3. The zero-order valence-electron chi connectivity index (χ0n) is 14.8. The molecule has 0 spiro atoms. The number of hydrogen-bond donors (Lipinski definition) is 0. The second-order valence-electron chi connectivity index (χ2n) is 6.81. The molecule has 1 aliphatic heterocycles. The second-order valence-corrected chi connectivity index (χ2v) is 6.81. The van der Waals surface area contributed by atoms with E-state index in [4.69, 9.17) is 4.74 Å². The Kier molecular flexibility index (Phi) is 5.09. The number of carbonyl (C=O) groups excluding carboxylic acids is 1. The summed E-state index contributed by atoms with van der Waals surface area (Å²) in [4.78, 5) is 15.0. The van der Waals surface area contributed by atoms with E-state index >= 15 is 0 Å². The van der Waals surface area contributed by atoms with Crippen LogP contribution in [0.25, 0.3) is 10.8 Å². The molecule has 0 amide bonds. The van der Waals surface area contributed by atoms with E-state index in [1.807, 2.05) is 48.5 Å². The van der Waals surface area contributed by atoms with E-state index in [1.54, 1.807) is 0 Å². The van der Waals surface area contributed by atoms with Gasteiger partial charge in [-0.1, -0.05) is 66.7 Å². The fourth-order valence-corrected chi connectivity index (χ4v) is 3.54. The van der Waals surface area contributed by atoms with E-state index in [2.05, 4.69) is 29.2 Å². The molecule has 3 nitrogen and oxygen atoms in total. The number of benzene rings is 3. The quantitative estimate of drug-likeness (QED) is 0.638. The Hall–Kier alpha value is -2.49. The Morgan fingerprint density at radius 2 is 1.73 bits per heavy atom. The van der Waals surface area contributed by atoms with Crippen LogP contribution >= 0.6 is 0 Å². The van der Waals surface area contributed by atoms with Crippen molar-refractivity contribution in [2.75, 3.05) is 26.2 Å². The summed E-state index contributed by atoms with van der Waals surface area (Å²) in [6.07, 6.45) is 0.639. The zero-order valence-corrected chi connectivity index (χ0v) is 14.8. The molecule has 0 N–H and O–H groups in total. The summed E-state index contributed by atoms with van der Waals surface area (Å²) in [6, 6.07) is 24.4. The van der Waals surface area contributed by atoms with Crippen molar-refractivity contribution < 1.29 is 9.53 Å². The monoisotopic (exact) mass is 345 g/mol. The molecule has 3 aromatic carbocycles. The lowest BCUT2D eigenvalue weighted by atomic mass is 10.0. The molecule has 1 heterocycles. The molecular weight excluding hydrogens is 322 g/mol. The van der Waals surface area contributed by atoms with Gasteiger partial charge in [0.25, 0.3) is 0 Å². The van der Waals surface area contributed by atoms with Crippen LogP contribution in [0.1, 0.15) is 28.4 Å². The van der Waals surface area contributed by atoms with Gasteiger partial charge in [-0.15, -0.1) is 0 Å². The predicted molar refractivity (Wildman–Crippen MR) is 104 cm³/mol. The molecular formula is C23H23NO2. The summed E-state index contributed by atoms with van der Waals surface area (Å²) in [5, 5.41) is 2.29. The van der Waals surface area contributed by atoms with Crippen LogP contribution in [0.3, 0.4) is 0 Å². The smallest absolute Gasteiger partial charge is 0.164 e. The summed E-state index contributed by atoms with van der Waals surface area (Å²) < 4.78 is 5.91. The lowest BCUT2D eigenvalue weighted by Crippen LogP contribution is -2.39. The summed E-state index contributed by atoms with van der Waals surface area (Å²) in [5.41, 5.74) is 2.01. The maximum Gasteiger partial charge on any atom is 0.164 e. The van der Waals surface area contributed by atoms with Gasteiger partial charge in [0, 0.05) is 31.6 Å². The van der Waals surface area contributed by atoms with E-state index in [9.17, 15) is 4.79 Å². The molecule has 1 atom stereocenters. The average molecular weight is 345 g/mol. The molecule has 0 aliphatic carbocycles. The summed E-state index contributed by atoms with van der Waals surface area (Å²) in [6.45, 7) is 3.21. The van der Waals surface area contributed by atoms with E-state index < -0.39 is 0 Å². The minimum atomic E-state index is 0.0979. The van der Waals surface area contributed by atoms with E-state index in [0.29, 0.717) is 13.0 Å². The number of morpholine rings is 1. The molecule has 0 bridgehead atoms. The number of nitrogens with zero attached hydrogens (tertiary/aromatic N) is 1. The van der Waals surface area contributed by atoms with Crippen molar-refractivity contribution in [2.24, 2.45) is 0 Å². The van der Waals surface area contributed by atoms with Crippen LogP contribution in [0, 0.1) is 0 Å². The highest BCUT2D eigenvalue weighted by molar-refractivity contribution is 6.00. The van der Waals surface area contributed by atoms with Crippen LogP contribution in [-0.2, 0) is 4.74 Å². The van der Waals surface area contributed by atoms with Crippen molar-refractivity contribution in [1.82, 2.24) is 4.90 Å². The summed E-state index contributed by atoms with van der Waals surface area (Å²) in [7, 11) is 0. The molecule has 4 rings (SSSR count). The number of ether oxygens (including phenoxy) is 1. The van der Waals surface area contributed by atoms with Crippen LogP contribution in [0.4, 0.5) is 0 Å². The lowest BCUT2D eigenvalue weighted by molar-refractivity contribution is -0.0297. The topological polar surface area (TPSA) is 29.5 Å². The van der Waals surface area contributed by atoms with Crippen LogP contribution in [0.15, 0.2) is 72.8 Å². The number of Topliss-reactive ketones (excluding diaryl/α,β-unsaturated/α-hetero) is 1. The van der Waals surface area contributed by atoms with Crippen molar-refractivity contribution in [1.29, 1.82) is 0 Å². The van der Waals surface area contributed by atoms with Gasteiger partial charge in [0.05, 0.1) is 12.7 Å².